The minimum atomic E-state index is -0.0920. The number of nitrogens with zero attached hydrogens (tertiary/aromatic N) is 5. The summed E-state index contributed by atoms with van der Waals surface area (Å²) in [5.41, 5.74) is 2.47. The van der Waals surface area contributed by atoms with Crippen LogP contribution in [0.5, 0.6) is 0 Å². The molecule has 33 heavy (non-hydrogen) atoms. The lowest BCUT2D eigenvalue weighted by molar-refractivity contribution is -0.668. The first kappa shape index (κ1) is 21.0. The monoisotopic (exact) mass is 443 g/mol. The second kappa shape index (κ2) is 8.93. The largest absolute Gasteiger partial charge is 0.375 e. The highest BCUT2D eigenvalue weighted by Crippen LogP contribution is 2.34. The maximum Gasteiger partial charge on any atom is 0.316 e. The van der Waals surface area contributed by atoms with Crippen LogP contribution in [-0.2, 0) is 13.6 Å². The van der Waals surface area contributed by atoms with E-state index in [-0.39, 0.29) is 11.9 Å². The lowest BCUT2D eigenvalue weighted by atomic mass is 10.1. The van der Waals surface area contributed by atoms with E-state index in [0.717, 1.165) is 41.6 Å². The average Bonchev–Trinajstić information content (AvgIpc) is 3.50. The van der Waals surface area contributed by atoms with Crippen LogP contribution in [-0.4, -0.2) is 50.8 Å². The predicted octanol–water partition coefficient (Wildman–Crippen LogP) is 1.70. The highest BCUT2D eigenvalue weighted by atomic mass is 16.1. The number of amidine groups is 1. The number of hydrogen-bond acceptors (Lipinski definition) is 5. The topological polar surface area (TPSA) is 102 Å². The summed E-state index contributed by atoms with van der Waals surface area (Å²) in [4.78, 5) is 21.5. The van der Waals surface area contributed by atoms with Gasteiger partial charge >= 0.3 is 11.7 Å². The van der Waals surface area contributed by atoms with Gasteiger partial charge in [-0.15, -0.1) is 5.10 Å². The number of rotatable bonds is 8. The van der Waals surface area contributed by atoms with E-state index in [4.69, 9.17) is 0 Å². The summed E-state index contributed by atoms with van der Waals surface area (Å²) in [5.74, 6) is 3.01. The molecule has 5 rings (SSSR count). The number of nitrogens with one attached hydrogen (secondary N) is 3. The number of anilines is 1. The van der Waals surface area contributed by atoms with E-state index in [1.54, 1.807) is 18.6 Å². The molecule has 0 spiro atoms. The lowest BCUT2D eigenvalue weighted by Gasteiger charge is -2.15. The fraction of sp³-hybridized carbons (Fsp3) is 0.292. The molecule has 3 N–H and O–H groups in total. The van der Waals surface area contributed by atoms with Crippen molar-refractivity contribution >= 4 is 23.6 Å². The highest BCUT2D eigenvalue weighted by Gasteiger charge is 2.41. The molecule has 1 aromatic carbocycles. The molecule has 0 bridgehead atoms. The third kappa shape index (κ3) is 4.52. The van der Waals surface area contributed by atoms with Crippen LogP contribution in [0.4, 0.5) is 5.69 Å². The van der Waals surface area contributed by atoms with Crippen LogP contribution in [0.2, 0.25) is 0 Å². The Morgan fingerprint density at radius 1 is 1.21 bits per heavy atom. The zero-order valence-electron chi connectivity index (χ0n) is 18.7. The van der Waals surface area contributed by atoms with Gasteiger partial charge in [0.1, 0.15) is 12.6 Å². The molecule has 1 aliphatic carbocycles. The predicted molar refractivity (Wildman–Crippen MR) is 125 cm³/mol. The standard InChI is InChI=1S/C24H26N8O/c1-31-13-12-26-23(31)21(16-6-7-16)28-24(33)18-4-3-5-19(14-18)27-15-20-29-30-22(32(20)2)17-8-10-25-11-9-17/h3-5,8-14,16,21,27H,6-7,15H2,1-2H3,(H,28,33)/q+1/p+1/t21-/m1/s1. The van der Waals surface area contributed by atoms with E-state index in [0.29, 0.717) is 18.0 Å². The fourth-order valence-corrected chi connectivity index (χ4v) is 3.99. The second-order valence-electron chi connectivity index (χ2n) is 8.41. The van der Waals surface area contributed by atoms with Crippen LogP contribution >= 0.6 is 0 Å². The van der Waals surface area contributed by atoms with Gasteiger partial charge in [0, 0.05) is 28.7 Å². The molecule has 9 nitrogen and oxygen atoms in total. The molecule has 1 radical (unpaired) electrons. The number of carbonyl (C=O) groups excluding carboxylic acids is 1. The van der Waals surface area contributed by atoms with Crippen LogP contribution < -0.4 is 15.2 Å². The maximum absolute atomic E-state index is 13.0. The second-order valence-corrected chi connectivity index (χ2v) is 8.41. The van der Waals surface area contributed by atoms with Crippen molar-refractivity contribution in [2.24, 2.45) is 18.0 Å². The molecule has 1 aliphatic heterocycles. The van der Waals surface area contributed by atoms with E-state index < -0.39 is 0 Å². The summed E-state index contributed by atoms with van der Waals surface area (Å²) in [7, 11) is 3.93. The third-order valence-electron chi connectivity index (χ3n) is 6.05. The zero-order chi connectivity index (χ0) is 22.8. The van der Waals surface area contributed by atoms with Crippen molar-refractivity contribution in [3.8, 4) is 11.4 Å². The van der Waals surface area contributed by atoms with Gasteiger partial charge < -0.3 is 10.6 Å². The summed E-state index contributed by atoms with van der Waals surface area (Å²) < 4.78 is 3.98. The first-order chi connectivity index (χ1) is 16.1. The fourth-order valence-electron chi connectivity index (χ4n) is 3.99. The number of pyridine rings is 1. The number of aromatic nitrogens is 4. The van der Waals surface area contributed by atoms with Gasteiger partial charge in [-0.2, -0.15) is 0 Å². The maximum atomic E-state index is 13.0. The van der Waals surface area contributed by atoms with Crippen molar-refractivity contribution in [1.29, 1.82) is 0 Å². The summed E-state index contributed by atoms with van der Waals surface area (Å²) in [6.45, 7) is 2.45. The summed E-state index contributed by atoms with van der Waals surface area (Å²) >= 11 is 0. The zero-order valence-corrected chi connectivity index (χ0v) is 18.7. The number of hydrogen-bond donors (Lipinski definition) is 3. The summed E-state index contributed by atoms with van der Waals surface area (Å²) in [6, 6.07) is 11.3. The Hall–Kier alpha value is -3.88. The molecule has 1 saturated carbocycles. The minimum absolute atomic E-state index is 0.0650. The summed E-state index contributed by atoms with van der Waals surface area (Å²) in [5, 5.41) is 14.1. The van der Waals surface area contributed by atoms with Gasteiger partial charge in [0.25, 0.3) is 11.7 Å². The lowest BCUT2D eigenvalue weighted by Crippen LogP contribution is -2.43. The number of H-pyrrole nitrogens is 1. The van der Waals surface area contributed by atoms with Gasteiger partial charge in [0.2, 0.25) is 6.54 Å². The van der Waals surface area contributed by atoms with Crippen molar-refractivity contribution in [2.45, 2.75) is 25.4 Å². The quantitative estimate of drug-likeness (QED) is 0.461. The molecule has 3 heterocycles. The molecule has 3 aromatic rings. The molecule has 1 fully saturated rings. The van der Waals surface area contributed by atoms with Gasteiger partial charge in [-0.1, -0.05) is 11.1 Å². The van der Waals surface area contributed by atoms with Crippen LogP contribution in [0.3, 0.4) is 0 Å². The Kier molecular flexibility index (Phi) is 5.68. The van der Waals surface area contributed by atoms with Crippen molar-refractivity contribution in [3.05, 3.63) is 66.7 Å². The Bertz CT molecular complexity index is 1230. The smallest absolute Gasteiger partial charge is 0.316 e. The number of aromatic amines is 1. The SMILES string of the molecule is C[N+]1=C([C@H](NC(=O)c2cccc(NCc3[nH]nc(-c4ccncc4)[n+]3C)c2)C2CC2)N=C[CH]1. The highest BCUT2D eigenvalue weighted by molar-refractivity contribution is 6.01. The molecular formula is C24H27N8O+2. The molecule has 0 saturated heterocycles. The van der Waals surface area contributed by atoms with Crippen LogP contribution in [0.1, 0.15) is 29.0 Å². The average molecular weight is 444 g/mol. The molecule has 2 aromatic heterocycles. The molecule has 2 aliphatic rings. The Balaban J connectivity index is 1.26. The normalized spacial score (nSPS) is 16.2. The Morgan fingerprint density at radius 3 is 2.76 bits per heavy atom. The van der Waals surface area contributed by atoms with Crippen LogP contribution in [0.15, 0.2) is 53.8 Å². The van der Waals surface area contributed by atoms with Gasteiger partial charge in [-0.3, -0.25) is 9.78 Å². The van der Waals surface area contributed by atoms with Gasteiger partial charge in [-0.05, 0) is 49.1 Å². The molecule has 1 amide bonds. The molecule has 0 unspecified atom stereocenters. The van der Waals surface area contributed by atoms with E-state index in [1.165, 1.54) is 0 Å². The minimum Gasteiger partial charge on any atom is -0.375 e. The first-order valence-corrected chi connectivity index (χ1v) is 11.1. The number of carbonyl (C=O) groups is 1. The van der Waals surface area contributed by atoms with Crippen LogP contribution in [0.25, 0.3) is 11.4 Å². The van der Waals surface area contributed by atoms with Crippen molar-refractivity contribution in [2.75, 3.05) is 12.4 Å². The number of aliphatic imine (C=N–C) groups is 1. The van der Waals surface area contributed by atoms with Crippen molar-refractivity contribution in [3.63, 3.8) is 0 Å². The third-order valence-corrected chi connectivity index (χ3v) is 6.05. The Labute approximate surface area is 192 Å². The van der Waals surface area contributed by atoms with Crippen molar-refractivity contribution < 1.29 is 13.9 Å². The number of amides is 1. The Morgan fingerprint density at radius 2 is 2.03 bits per heavy atom. The number of benzene rings is 1. The molecule has 1 atom stereocenters. The van der Waals surface area contributed by atoms with Crippen LogP contribution in [0, 0.1) is 12.5 Å². The molecular weight excluding hydrogens is 416 g/mol. The van der Waals surface area contributed by atoms with E-state index in [9.17, 15) is 4.79 Å². The van der Waals surface area contributed by atoms with E-state index in [1.807, 2.05) is 66.2 Å². The molecule has 167 valence electrons. The van der Waals surface area contributed by atoms with E-state index >= 15 is 0 Å². The van der Waals surface area contributed by atoms with E-state index in [2.05, 4.69) is 30.8 Å². The molecule has 9 heteroatoms. The van der Waals surface area contributed by atoms with Crippen molar-refractivity contribution in [1.82, 2.24) is 20.5 Å². The summed E-state index contributed by atoms with van der Waals surface area (Å²) in [6.07, 6.45) is 7.50. The van der Waals surface area contributed by atoms with Gasteiger partial charge in [-0.25, -0.2) is 9.14 Å². The van der Waals surface area contributed by atoms with Gasteiger partial charge in [0.15, 0.2) is 6.21 Å². The van der Waals surface area contributed by atoms with Gasteiger partial charge in [0.05, 0.1) is 19.7 Å². The first-order valence-electron chi connectivity index (χ1n) is 11.1.